The Balaban J connectivity index is 1.82. The molecule has 0 saturated carbocycles. The fourth-order valence-corrected chi connectivity index (χ4v) is 1.80. The molecule has 0 unspecified atom stereocenters. The van der Waals surface area contributed by atoms with Gasteiger partial charge in [0.25, 0.3) is 0 Å². The lowest BCUT2D eigenvalue weighted by atomic mass is 10.1. The van der Waals surface area contributed by atoms with E-state index in [4.69, 9.17) is 22.1 Å². The van der Waals surface area contributed by atoms with Crippen LogP contribution in [0.3, 0.4) is 0 Å². The van der Waals surface area contributed by atoms with Crippen molar-refractivity contribution in [3.8, 4) is 5.75 Å². The summed E-state index contributed by atoms with van der Waals surface area (Å²) in [5.41, 5.74) is 2.04. The van der Waals surface area contributed by atoms with Gasteiger partial charge in [0.15, 0.2) is 5.05 Å². The van der Waals surface area contributed by atoms with Crippen molar-refractivity contribution in [1.29, 1.82) is 0 Å². The molecule has 0 fully saturated rings. The van der Waals surface area contributed by atoms with Crippen LogP contribution in [0.25, 0.3) is 0 Å². The van der Waals surface area contributed by atoms with Gasteiger partial charge in [-0.25, -0.2) is 0 Å². The van der Waals surface area contributed by atoms with Gasteiger partial charge in [0.05, 0.1) is 6.61 Å². The molecule has 3 heteroatoms. The molecule has 0 aliphatic carbocycles. The van der Waals surface area contributed by atoms with E-state index in [-0.39, 0.29) is 5.75 Å². The zero-order valence-corrected chi connectivity index (χ0v) is 10.7. The van der Waals surface area contributed by atoms with Crippen LogP contribution in [0.15, 0.2) is 54.6 Å². The van der Waals surface area contributed by atoms with Gasteiger partial charge in [-0.3, -0.25) is 0 Å². The van der Waals surface area contributed by atoms with Crippen molar-refractivity contribution < 1.29 is 9.84 Å². The monoisotopic (exact) mass is 258 g/mol. The molecule has 0 atom stereocenters. The third-order valence-electron chi connectivity index (χ3n) is 2.57. The minimum absolute atomic E-state index is 0.277. The Morgan fingerprint density at radius 1 is 1.00 bits per heavy atom. The van der Waals surface area contributed by atoms with E-state index in [1.54, 1.807) is 12.1 Å². The van der Waals surface area contributed by atoms with Gasteiger partial charge in [0.1, 0.15) is 5.75 Å². The highest BCUT2D eigenvalue weighted by atomic mass is 32.1. The second-order valence-electron chi connectivity index (χ2n) is 3.92. The van der Waals surface area contributed by atoms with Crippen molar-refractivity contribution in [2.75, 3.05) is 6.61 Å². The summed E-state index contributed by atoms with van der Waals surface area (Å²) in [7, 11) is 0. The number of phenols is 1. The lowest BCUT2D eigenvalue weighted by molar-refractivity contribution is 0.318. The minimum Gasteiger partial charge on any atom is -0.508 e. The maximum Gasteiger partial charge on any atom is 0.191 e. The first-order chi connectivity index (χ1) is 8.75. The Bertz CT molecular complexity index is 506. The number of ether oxygens (including phenoxy) is 1. The zero-order valence-electron chi connectivity index (χ0n) is 9.87. The Morgan fingerprint density at radius 2 is 1.67 bits per heavy atom. The van der Waals surface area contributed by atoms with Crippen molar-refractivity contribution in [2.24, 2.45) is 0 Å². The van der Waals surface area contributed by atoms with Crippen molar-refractivity contribution >= 4 is 17.3 Å². The van der Waals surface area contributed by atoms with Gasteiger partial charge < -0.3 is 9.84 Å². The van der Waals surface area contributed by atoms with Crippen LogP contribution < -0.4 is 0 Å². The van der Waals surface area contributed by atoms with E-state index in [0.29, 0.717) is 11.7 Å². The quantitative estimate of drug-likeness (QED) is 0.853. The molecule has 0 radical (unpaired) electrons. The lowest BCUT2D eigenvalue weighted by Gasteiger charge is -2.07. The Labute approximate surface area is 112 Å². The summed E-state index contributed by atoms with van der Waals surface area (Å²) >= 11 is 5.19. The summed E-state index contributed by atoms with van der Waals surface area (Å²) in [5, 5.41) is 9.69. The third kappa shape index (κ3) is 3.57. The topological polar surface area (TPSA) is 29.5 Å². The summed E-state index contributed by atoms with van der Waals surface area (Å²) < 4.78 is 5.53. The molecule has 2 aromatic carbocycles. The van der Waals surface area contributed by atoms with Crippen molar-refractivity contribution in [2.45, 2.75) is 6.42 Å². The molecular formula is C15H14O2S. The van der Waals surface area contributed by atoms with Crippen molar-refractivity contribution in [3.05, 3.63) is 65.7 Å². The molecule has 0 aliphatic heterocycles. The molecule has 0 heterocycles. The number of benzene rings is 2. The highest BCUT2D eigenvalue weighted by Crippen LogP contribution is 2.10. The van der Waals surface area contributed by atoms with Gasteiger partial charge in [-0.1, -0.05) is 42.5 Å². The van der Waals surface area contributed by atoms with E-state index in [1.807, 2.05) is 42.5 Å². The molecule has 0 saturated heterocycles. The van der Waals surface area contributed by atoms with Gasteiger partial charge in [-0.15, -0.1) is 0 Å². The fourth-order valence-electron chi connectivity index (χ4n) is 1.58. The van der Waals surface area contributed by atoms with Crippen LogP contribution in [0, 0.1) is 0 Å². The molecule has 92 valence electrons. The minimum atomic E-state index is 0.277. The molecule has 0 amide bonds. The summed E-state index contributed by atoms with van der Waals surface area (Å²) in [6.45, 7) is 0.540. The normalized spacial score (nSPS) is 10.0. The number of hydrogen-bond donors (Lipinski definition) is 1. The zero-order chi connectivity index (χ0) is 12.8. The van der Waals surface area contributed by atoms with Gasteiger partial charge in [0, 0.05) is 12.0 Å². The first-order valence-electron chi connectivity index (χ1n) is 5.76. The van der Waals surface area contributed by atoms with Crippen molar-refractivity contribution in [1.82, 2.24) is 0 Å². The molecule has 2 nitrogen and oxygen atoms in total. The molecular weight excluding hydrogens is 244 g/mol. The number of aromatic hydroxyl groups is 1. The number of phenolic OH excluding ortho intramolecular Hbond substituents is 1. The van der Waals surface area contributed by atoms with Crippen LogP contribution in [0.5, 0.6) is 5.75 Å². The maximum absolute atomic E-state index is 9.17. The molecule has 0 spiro atoms. The lowest BCUT2D eigenvalue weighted by Crippen LogP contribution is -2.06. The molecule has 2 aromatic rings. The highest BCUT2D eigenvalue weighted by Gasteiger charge is 2.01. The SMILES string of the molecule is Oc1ccc(CCOC(=S)c2ccccc2)cc1. The Morgan fingerprint density at radius 3 is 2.33 bits per heavy atom. The second kappa shape index (κ2) is 6.17. The number of hydrogen-bond acceptors (Lipinski definition) is 3. The van der Waals surface area contributed by atoms with Crippen LogP contribution in [0.2, 0.25) is 0 Å². The van der Waals surface area contributed by atoms with Gasteiger partial charge in [-0.2, -0.15) is 0 Å². The van der Waals surface area contributed by atoms with Gasteiger partial charge in [0.2, 0.25) is 0 Å². The van der Waals surface area contributed by atoms with E-state index in [9.17, 15) is 0 Å². The number of rotatable bonds is 4. The summed E-state index contributed by atoms with van der Waals surface area (Å²) in [6.07, 6.45) is 0.771. The standard InChI is InChI=1S/C15H14O2S/c16-14-8-6-12(7-9-14)10-11-17-15(18)13-4-2-1-3-5-13/h1-9,16H,10-11H2. The first-order valence-corrected chi connectivity index (χ1v) is 6.16. The van der Waals surface area contributed by atoms with Crippen LogP contribution in [0.1, 0.15) is 11.1 Å². The highest BCUT2D eigenvalue weighted by molar-refractivity contribution is 7.80. The molecule has 2 rings (SSSR count). The number of thiocarbonyl (C=S) groups is 1. The third-order valence-corrected chi connectivity index (χ3v) is 2.92. The first kappa shape index (κ1) is 12.6. The maximum atomic E-state index is 9.17. The fraction of sp³-hybridized carbons (Fsp3) is 0.133. The predicted octanol–water partition coefficient (Wildman–Crippen LogP) is 3.33. The predicted molar refractivity (Wildman–Crippen MR) is 75.9 cm³/mol. The molecule has 1 N–H and O–H groups in total. The van der Waals surface area contributed by atoms with Gasteiger partial charge in [-0.05, 0) is 29.9 Å². The summed E-state index contributed by atoms with van der Waals surface area (Å²) in [6, 6.07) is 16.8. The largest absolute Gasteiger partial charge is 0.508 e. The molecule has 0 bridgehead atoms. The van der Waals surface area contributed by atoms with Crippen LogP contribution >= 0.6 is 12.2 Å². The second-order valence-corrected chi connectivity index (χ2v) is 4.29. The average molecular weight is 258 g/mol. The van der Waals surface area contributed by atoms with E-state index in [2.05, 4.69) is 0 Å². The Hall–Kier alpha value is -1.87. The van der Waals surface area contributed by atoms with Crippen LogP contribution in [-0.4, -0.2) is 16.8 Å². The molecule has 0 aromatic heterocycles. The van der Waals surface area contributed by atoms with E-state index in [1.165, 1.54) is 0 Å². The van der Waals surface area contributed by atoms with Gasteiger partial charge >= 0.3 is 0 Å². The van der Waals surface area contributed by atoms with Crippen LogP contribution in [0.4, 0.5) is 0 Å². The van der Waals surface area contributed by atoms with E-state index < -0.39 is 0 Å². The summed E-state index contributed by atoms with van der Waals surface area (Å²) in [5.74, 6) is 0.277. The molecule has 18 heavy (non-hydrogen) atoms. The van der Waals surface area contributed by atoms with E-state index >= 15 is 0 Å². The van der Waals surface area contributed by atoms with Crippen LogP contribution in [-0.2, 0) is 11.2 Å². The smallest absolute Gasteiger partial charge is 0.191 e. The average Bonchev–Trinajstić information content (AvgIpc) is 2.42. The molecule has 0 aliphatic rings. The van der Waals surface area contributed by atoms with E-state index in [0.717, 1.165) is 17.5 Å². The Kier molecular flexibility index (Phi) is 4.31. The summed E-state index contributed by atoms with van der Waals surface area (Å²) in [4.78, 5) is 0. The van der Waals surface area contributed by atoms with Crippen molar-refractivity contribution in [3.63, 3.8) is 0 Å².